The Morgan fingerprint density at radius 2 is 2.00 bits per heavy atom. The van der Waals surface area contributed by atoms with E-state index >= 15 is 0 Å². The second-order valence-corrected chi connectivity index (χ2v) is 7.40. The van der Waals surface area contributed by atoms with E-state index in [1.165, 1.54) is 34.9 Å². The highest BCUT2D eigenvalue weighted by Crippen LogP contribution is 2.55. The molecule has 2 aliphatic rings. The monoisotopic (exact) mass is 376 g/mol. The lowest BCUT2D eigenvalue weighted by Gasteiger charge is -2.33. The van der Waals surface area contributed by atoms with Gasteiger partial charge in [0.25, 0.3) is 5.91 Å². The smallest absolute Gasteiger partial charge is 0.268 e. The summed E-state index contributed by atoms with van der Waals surface area (Å²) in [4.78, 5) is 28.0. The highest BCUT2D eigenvalue weighted by atomic mass is 35.5. The van der Waals surface area contributed by atoms with Gasteiger partial charge >= 0.3 is 0 Å². The molecule has 1 atom stereocenters. The molecule has 4 rings (SSSR count). The van der Waals surface area contributed by atoms with Crippen molar-refractivity contribution < 1.29 is 14.0 Å². The van der Waals surface area contributed by atoms with E-state index in [0.29, 0.717) is 12.2 Å². The van der Waals surface area contributed by atoms with Crippen LogP contribution < -0.4 is 9.80 Å². The molecule has 0 bridgehead atoms. The number of carbonyl (C=O) groups excluding carboxylic acids is 2. The Labute approximate surface area is 153 Å². The van der Waals surface area contributed by atoms with E-state index in [1.54, 1.807) is 4.90 Å². The normalized spacial score (nSPS) is 22.2. The van der Waals surface area contributed by atoms with Gasteiger partial charge in [-0.3, -0.25) is 14.5 Å². The Balaban J connectivity index is 1.94. The number of hydrogen-bond donors (Lipinski definition) is 0. The van der Waals surface area contributed by atoms with E-state index in [0.717, 1.165) is 11.3 Å². The third kappa shape index (κ3) is 2.14. The molecule has 2 aromatic rings. The minimum Gasteiger partial charge on any atom is -0.309 e. The van der Waals surface area contributed by atoms with Crippen molar-refractivity contribution in [3.05, 3.63) is 58.9 Å². The number of likely N-dealkylation sites (N-methyl/N-ethyl adjacent to an activating group) is 1. The zero-order valence-electron chi connectivity index (χ0n) is 13.3. The largest absolute Gasteiger partial charge is 0.309 e. The second-order valence-electron chi connectivity index (χ2n) is 5.83. The van der Waals surface area contributed by atoms with Gasteiger partial charge in [0.2, 0.25) is 10.8 Å². The molecule has 0 aromatic heterocycles. The summed E-state index contributed by atoms with van der Waals surface area (Å²) in [5.74, 6) is -0.750. The number of halogens is 2. The van der Waals surface area contributed by atoms with Crippen LogP contribution in [0.25, 0.3) is 0 Å². The maximum atomic E-state index is 13.6. The lowest BCUT2D eigenvalue weighted by Crippen LogP contribution is -2.49. The molecule has 0 radical (unpaired) electrons. The van der Waals surface area contributed by atoms with Crippen molar-refractivity contribution in [2.45, 2.75) is 11.8 Å². The predicted octanol–water partition coefficient (Wildman–Crippen LogP) is 3.78. The van der Waals surface area contributed by atoms with Crippen molar-refractivity contribution in [1.29, 1.82) is 0 Å². The quantitative estimate of drug-likeness (QED) is 0.801. The Morgan fingerprint density at radius 3 is 2.72 bits per heavy atom. The van der Waals surface area contributed by atoms with Gasteiger partial charge in [-0.15, -0.1) is 11.8 Å². The molecular formula is C18H14ClFN2O2S. The summed E-state index contributed by atoms with van der Waals surface area (Å²) in [7, 11) is 0. The van der Waals surface area contributed by atoms with Gasteiger partial charge in [-0.25, -0.2) is 4.39 Å². The zero-order chi connectivity index (χ0) is 17.8. The van der Waals surface area contributed by atoms with Crippen molar-refractivity contribution in [2.24, 2.45) is 0 Å². The van der Waals surface area contributed by atoms with Crippen molar-refractivity contribution >= 4 is 46.6 Å². The van der Waals surface area contributed by atoms with Gasteiger partial charge < -0.3 is 4.90 Å². The van der Waals surface area contributed by atoms with E-state index in [9.17, 15) is 14.0 Å². The third-order valence-corrected chi connectivity index (χ3v) is 6.22. The minimum absolute atomic E-state index is 0.0802. The van der Waals surface area contributed by atoms with Crippen LogP contribution in [0.2, 0.25) is 5.02 Å². The number of amides is 2. The summed E-state index contributed by atoms with van der Waals surface area (Å²) in [6.07, 6.45) is 0. The van der Waals surface area contributed by atoms with E-state index in [-0.39, 0.29) is 22.6 Å². The van der Waals surface area contributed by atoms with Crippen LogP contribution in [0.1, 0.15) is 12.5 Å². The Kier molecular flexibility index (Phi) is 3.77. The van der Waals surface area contributed by atoms with Crippen molar-refractivity contribution in [3.63, 3.8) is 0 Å². The van der Waals surface area contributed by atoms with Crippen LogP contribution in [0.3, 0.4) is 0 Å². The summed E-state index contributed by atoms with van der Waals surface area (Å²) < 4.78 is 13.6. The molecule has 1 fully saturated rings. The first-order chi connectivity index (χ1) is 12.0. The highest BCUT2D eigenvalue weighted by molar-refractivity contribution is 8.02. The summed E-state index contributed by atoms with van der Waals surface area (Å²) in [5, 5.41) is -0.0802. The van der Waals surface area contributed by atoms with Crippen LogP contribution in [0.4, 0.5) is 15.8 Å². The fraction of sp³-hybridized carbons (Fsp3) is 0.222. The number of rotatable bonds is 2. The van der Waals surface area contributed by atoms with E-state index in [4.69, 9.17) is 11.6 Å². The summed E-state index contributed by atoms with van der Waals surface area (Å²) >= 11 is 7.20. The number of para-hydroxylation sites is 1. The van der Waals surface area contributed by atoms with Crippen LogP contribution in [0, 0.1) is 5.82 Å². The van der Waals surface area contributed by atoms with Crippen molar-refractivity contribution in [2.75, 3.05) is 22.1 Å². The van der Waals surface area contributed by atoms with E-state index in [1.807, 2.05) is 31.2 Å². The second kappa shape index (κ2) is 5.75. The van der Waals surface area contributed by atoms with Gasteiger partial charge in [-0.05, 0) is 31.2 Å². The number of benzene rings is 2. The molecular weight excluding hydrogens is 363 g/mol. The molecule has 4 nitrogen and oxygen atoms in total. The molecule has 2 heterocycles. The van der Waals surface area contributed by atoms with Gasteiger partial charge in [0.15, 0.2) is 0 Å². The van der Waals surface area contributed by atoms with Crippen LogP contribution in [-0.2, 0) is 14.5 Å². The highest BCUT2D eigenvalue weighted by Gasteiger charge is 2.60. The average Bonchev–Trinajstić information content (AvgIpc) is 3.07. The molecule has 2 aliphatic heterocycles. The number of nitrogens with zero attached hydrogens (tertiary/aromatic N) is 2. The lowest BCUT2D eigenvalue weighted by atomic mass is 10.0. The summed E-state index contributed by atoms with van der Waals surface area (Å²) in [6.45, 7) is 2.40. The number of fused-ring (bicyclic) bond motifs is 2. The van der Waals surface area contributed by atoms with Crippen LogP contribution in [0.15, 0.2) is 42.5 Å². The first-order valence-corrected chi connectivity index (χ1v) is 9.20. The zero-order valence-corrected chi connectivity index (χ0v) is 14.9. The molecule has 0 saturated carbocycles. The van der Waals surface area contributed by atoms with Crippen molar-refractivity contribution in [3.8, 4) is 0 Å². The van der Waals surface area contributed by atoms with Gasteiger partial charge in [0.1, 0.15) is 5.82 Å². The van der Waals surface area contributed by atoms with Gasteiger partial charge in [-0.1, -0.05) is 29.8 Å². The first kappa shape index (κ1) is 16.4. The number of anilines is 2. The van der Waals surface area contributed by atoms with Crippen LogP contribution >= 0.6 is 23.4 Å². The Hall–Kier alpha value is -2.05. The predicted molar refractivity (Wildman–Crippen MR) is 97.5 cm³/mol. The molecule has 1 unspecified atom stereocenters. The maximum absolute atomic E-state index is 13.6. The lowest BCUT2D eigenvalue weighted by molar-refractivity contribution is -0.123. The summed E-state index contributed by atoms with van der Waals surface area (Å²) in [5.41, 5.74) is 2.00. The maximum Gasteiger partial charge on any atom is 0.268 e. The molecule has 2 amide bonds. The number of hydrogen-bond acceptors (Lipinski definition) is 3. The fourth-order valence-electron chi connectivity index (χ4n) is 3.49. The molecule has 128 valence electrons. The van der Waals surface area contributed by atoms with Gasteiger partial charge in [-0.2, -0.15) is 0 Å². The topological polar surface area (TPSA) is 40.6 Å². The third-order valence-electron chi connectivity index (χ3n) is 4.54. The molecule has 1 saturated heterocycles. The molecule has 7 heteroatoms. The van der Waals surface area contributed by atoms with Gasteiger partial charge in [0, 0.05) is 17.8 Å². The van der Waals surface area contributed by atoms with E-state index < -0.39 is 10.7 Å². The first-order valence-electron chi connectivity index (χ1n) is 7.84. The molecule has 0 N–H and O–H groups in total. The summed E-state index contributed by atoms with van der Waals surface area (Å²) in [6, 6.07) is 11.6. The molecule has 2 aromatic carbocycles. The Bertz CT molecular complexity index is 906. The van der Waals surface area contributed by atoms with Gasteiger partial charge in [0.05, 0.1) is 16.5 Å². The Morgan fingerprint density at radius 1 is 1.24 bits per heavy atom. The molecule has 1 spiro atoms. The van der Waals surface area contributed by atoms with Crippen LogP contribution in [-0.4, -0.2) is 24.1 Å². The average molecular weight is 377 g/mol. The molecule has 0 aliphatic carbocycles. The van der Waals surface area contributed by atoms with Crippen molar-refractivity contribution in [1.82, 2.24) is 0 Å². The van der Waals surface area contributed by atoms with Crippen LogP contribution in [0.5, 0.6) is 0 Å². The minimum atomic E-state index is -1.16. The number of carbonyl (C=O) groups is 2. The fourth-order valence-corrected chi connectivity index (χ4v) is 5.03. The molecule has 25 heavy (non-hydrogen) atoms. The SMILES string of the molecule is CCN1C(=O)C2(SCC(=O)N2c2ccc(F)c(Cl)c2)c2ccccc21. The van der Waals surface area contributed by atoms with E-state index in [2.05, 4.69) is 0 Å². The number of thioether (sulfide) groups is 1. The standard InChI is InChI=1S/C18H14ClFN2O2S/c1-2-21-15-6-4-3-5-12(15)18(17(21)24)22(16(23)10-25-18)11-7-8-14(20)13(19)9-11/h3-9H,2,10H2,1H3.